The zero-order valence-corrected chi connectivity index (χ0v) is 21.4. The monoisotopic (exact) mass is 588 g/mol. The second-order valence-corrected chi connectivity index (χ2v) is 9.78. The molecular formula is C22H26F6N4O6S. The van der Waals surface area contributed by atoms with E-state index in [4.69, 9.17) is 29.3 Å². The first kappa shape index (κ1) is 32.2. The summed E-state index contributed by atoms with van der Waals surface area (Å²) in [6.07, 6.45) is -5.01. The van der Waals surface area contributed by atoms with Crippen molar-refractivity contribution in [3.05, 3.63) is 35.1 Å². The predicted molar refractivity (Wildman–Crippen MR) is 124 cm³/mol. The Morgan fingerprint density at radius 3 is 2.23 bits per heavy atom. The highest BCUT2D eigenvalue weighted by molar-refractivity contribution is 7.15. The van der Waals surface area contributed by atoms with Crippen molar-refractivity contribution in [1.29, 1.82) is 0 Å². The Kier molecular flexibility index (Phi) is 11.4. The summed E-state index contributed by atoms with van der Waals surface area (Å²) in [4.78, 5) is 24.4. The standard InChI is InChI=1S/C18H24N4O2S.2C2HF3O2/c1-14-20-21-17(25-14)22-12-18(13-22)10-15(6-9-24-18)5-8-23-11-16-4-2-3-7-19-16;2*3-2(4,5)1(6)7/h2-4,7,15H,5-6,8-13H2,1H3;2*(H,6,7). The average molecular weight is 589 g/mol. The number of carboxylic acids is 2. The number of carbonyl (C=O) groups is 2. The number of halogens is 6. The number of carboxylic acid groups (broad SMARTS) is 2. The second kappa shape index (κ2) is 13.8. The number of hydrogen-bond acceptors (Lipinski definition) is 9. The third-order valence-corrected chi connectivity index (χ3v) is 6.37. The molecule has 0 amide bonds. The van der Waals surface area contributed by atoms with Gasteiger partial charge in [0.2, 0.25) is 5.13 Å². The number of aryl methyl sites for hydroxylation is 1. The molecule has 1 atom stereocenters. The number of rotatable bonds is 6. The molecule has 2 aromatic heterocycles. The first-order valence-corrected chi connectivity index (χ1v) is 12.2. The molecule has 218 valence electrons. The Balaban J connectivity index is 0.000000317. The quantitative estimate of drug-likeness (QED) is 0.375. The fraction of sp³-hybridized carbons (Fsp3) is 0.591. The number of pyridine rings is 1. The van der Waals surface area contributed by atoms with Crippen molar-refractivity contribution in [3.63, 3.8) is 0 Å². The van der Waals surface area contributed by atoms with E-state index in [1.54, 1.807) is 11.3 Å². The predicted octanol–water partition coefficient (Wildman–Crippen LogP) is 4.10. The van der Waals surface area contributed by atoms with Crippen LogP contribution in [-0.2, 0) is 25.7 Å². The maximum atomic E-state index is 10.6. The molecule has 2 saturated heterocycles. The molecule has 1 spiro atoms. The lowest BCUT2D eigenvalue weighted by atomic mass is 9.79. The van der Waals surface area contributed by atoms with Crippen LogP contribution in [0, 0.1) is 12.8 Å². The van der Waals surface area contributed by atoms with Crippen LogP contribution < -0.4 is 4.90 Å². The van der Waals surface area contributed by atoms with Crippen LogP contribution in [0.4, 0.5) is 31.5 Å². The molecule has 0 radical (unpaired) electrons. The van der Waals surface area contributed by atoms with Crippen LogP contribution in [0.15, 0.2) is 24.4 Å². The van der Waals surface area contributed by atoms with Crippen molar-refractivity contribution in [1.82, 2.24) is 15.2 Å². The van der Waals surface area contributed by atoms with E-state index < -0.39 is 24.3 Å². The Hall–Kier alpha value is -3.05. The minimum Gasteiger partial charge on any atom is -0.475 e. The highest BCUT2D eigenvalue weighted by Gasteiger charge is 2.48. The van der Waals surface area contributed by atoms with Crippen molar-refractivity contribution in [2.75, 3.05) is 31.2 Å². The molecule has 0 aromatic carbocycles. The number of ether oxygens (including phenoxy) is 2. The van der Waals surface area contributed by atoms with Gasteiger partial charge in [-0.25, -0.2) is 9.59 Å². The SMILES string of the molecule is Cc1nnc(N2CC3(CC(CCOCc4ccccn4)CCO3)C2)s1.O=C(O)C(F)(F)F.O=C(O)C(F)(F)F. The summed E-state index contributed by atoms with van der Waals surface area (Å²) in [5.41, 5.74) is 1.01. The van der Waals surface area contributed by atoms with Gasteiger partial charge in [0.25, 0.3) is 0 Å². The van der Waals surface area contributed by atoms with Gasteiger partial charge in [-0.1, -0.05) is 17.4 Å². The number of nitrogens with zero attached hydrogens (tertiary/aromatic N) is 4. The summed E-state index contributed by atoms with van der Waals surface area (Å²) in [7, 11) is 0. The van der Waals surface area contributed by atoms with Crippen LogP contribution in [0.3, 0.4) is 0 Å². The zero-order chi connectivity index (χ0) is 29.3. The van der Waals surface area contributed by atoms with Crippen LogP contribution >= 0.6 is 11.3 Å². The van der Waals surface area contributed by atoms with Crippen LogP contribution in [0.5, 0.6) is 0 Å². The molecule has 0 saturated carbocycles. The molecule has 2 aromatic rings. The van der Waals surface area contributed by atoms with Crippen LogP contribution in [0.25, 0.3) is 0 Å². The number of aromatic nitrogens is 3. The normalized spacial score (nSPS) is 18.2. The number of alkyl halides is 6. The summed E-state index contributed by atoms with van der Waals surface area (Å²) in [5.74, 6) is -4.84. The highest BCUT2D eigenvalue weighted by atomic mass is 32.1. The van der Waals surface area contributed by atoms with E-state index in [1.807, 2.05) is 31.3 Å². The number of hydrogen-bond donors (Lipinski definition) is 2. The smallest absolute Gasteiger partial charge is 0.475 e. The van der Waals surface area contributed by atoms with Gasteiger partial charge in [-0.3, -0.25) is 4.98 Å². The van der Waals surface area contributed by atoms with E-state index in [2.05, 4.69) is 20.1 Å². The van der Waals surface area contributed by atoms with E-state index in [1.165, 1.54) is 0 Å². The van der Waals surface area contributed by atoms with E-state index in [0.29, 0.717) is 12.5 Å². The van der Waals surface area contributed by atoms with Gasteiger partial charge in [-0.05, 0) is 44.2 Å². The topological polar surface area (TPSA) is 135 Å². The van der Waals surface area contributed by atoms with Gasteiger partial charge in [-0.2, -0.15) is 26.3 Å². The summed E-state index contributed by atoms with van der Waals surface area (Å²) in [6.45, 7) is 6.11. The first-order chi connectivity index (χ1) is 18.1. The van der Waals surface area contributed by atoms with Gasteiger partial charge < -0.3 is 24.6 Å². The van der Waals surface area contributed by atoms with Crippen molar-refractivity contribution in [2.45, 2.75) is 50.7 Å². The molecule has 0 aliphatic carbocycles. The fourth-order valence-electron chi connectivity index (χ4n) is 3.70. The lowest BCUT2D eigenvalue weighted by Crippen LogP contribution is -2.65. The third kappa shape index (κ3) is 10.9. The Labute approximate surface area is 222 Å². The molecule has 0 bridgehead atoms. The van der Waals surface area contributed by atoms with Crippen molar-refractivity contribution < 1.29 is 55.6 Å². The van der Waals surface area contributed by atoms with Crippen molar-refractivity contribution >= 4 is 28.4 Å². The Bertz CT molecular complexity index is 1040. The van der Waals surface area contributed by atoms with Gasteiger partial charge in [0.1, 0.15) is 10.6 Å². The van der Waals surface area contributed by atoms with Gasteiger partial charge >= 0.3 is 24.3 Å². The zero-order valence-electron chi connectivity index (χ0n) is 20.5. The van der Waals surface area contributed by atoms with Gasteiger partial charge in [0.05, 0.1) is 25.4 Å². The second-order valence-electron chi connectivity index (χ2n) is 8.62. The molecule has 39 heavy (non-hydrogen) atoms. The molecule has 1 unspecified atom stereocenters. The minimum absolute atomic E-state index is 0.0173. The summed E-state index contributed by atoms with van der Waals surface area (Å²) in [5, 5.41) is 24.6. The molecular weight excluding hydrogens is 562 g/mol. The van der Waals surface area contributed by atoms with E-state index >= 15 is 0 Å². The molecule has 10 nitrogen and oxygen atoms in total. The lowest BCUT2D eigenvalue weighted by Gasteiger charge is -2.53. The maximum Gasteiger partial charge on any atom is 0.490 e. The van der Waals surface area contributed by atoms with E-state index in [0.717, 1.165) is 61.4 Å². The van der Waals surface area contributed by atoms with Gasteiger partial charge in [0.15, 0.2) is 0 Å². The average Bonchev–Trinajstić information content (AvgIpc) is 3.26. The summed E-state index contributed by atoms with van der Waals surface area (Å²) in [6, 6.07) is 5.92. The Morgan fingerprint density at radius 2 is 1.74 bits per heavy atom. The van der Waals surface area contributed by atoms with E-state index in [9.17, 15) is 26.3 Å². The maximum absolute atomic E-state index is 10.6. The molecule has 2 fully saturated rings. The first-order valence-electron chi connectivity index (χ1n) is 11.4. The fourth-order valence-corrected chi connectivity index (χ4v) is 4.39. The molecule has 4 heterocycles. The molecule has 4 rings (SSSR count). The largest absolute Gasteiger partial charge is 0.490 e. The van der Waals surface area contributed by atoms with Crippen LogP contribution in [0.2, 0.25) is 0 Å². The number of anilines is 1. The summed E-state index contributed by atoms with van der Waals surface area (Å²) >= 11 is 1.66. The van der Waals surface area contributed by atoms with Gasteiger partial charge in [0, 0.05) is 19.4 Å². The summed E-state index contributed by atoms with van der Waals surface area (Å²) < 4.78 is 75.4. The minimum atomic E-state index is -5.08. The van der Waals surface area contributed by atoms with Crippen molar-refractivity contribution in [3.8, 4) is 0 Å². The Morgan fingerprint density at radius 1 is 1.13 bits per heavy atom. The van der Waals surface area contributed by atoms with Crippen LogP contribution in [-0.4, -0.2) is 81.6 Å². The van der Waals surface area contributed by atoms with Gasteiger partial charge in [-0.15, -0.1) is 10.2 Å². The lowest BCUT2D eigenvalue weighted by molar-refractivity contribution is -0.193. The molecule has 2 aliphatic rings. The highest BCUT2D eigenvalue weighted by Crippen LogP contribution is 2.40. The number of aliphatic carboxylic acids is 2. The molecule has 2 aliphatic heterocycles. The third-order valence-electron chi connectivity index (χ3n) is 5.47. The van der Waals surface area contributed by atoms with E-state index in [-0.39, 0.29) is 5.60 Å². The van der Waals surface area contributed by atoms with Crippen molar-refractivity contribution in [2.24, 2.45) is 5.92 Å². The van der Waals surface area contributed by atoms with Crippen LogP contribution in [0.1, 0.15) is 30.0 Å². The molecule has 17 heteroatoms. The molecule has 2 N–H and O–H groups in total.